The SMILES string of the molecule is Nc1nc(NCc2ccccc2)cc(Nc2ccccn2)n1. The molecule has 0 radical (unpaired) electrons. The van der Waals surface area contributed by atoms with Crippen LogP contribution in [0.4, 0.5) is 23.4 Å². The third kappa shape index (κ3) is 3.69. The van der Waals surface area contributed by atoms with Crippen LogP contribution < -0.4 is 16.4 Å². The molecule has 3 aromatic rings. The maximum Gasteiger partial charge on any atom is 0.223 e. The van der Waals surface area contributed by atoms with Gasteiger partial charge in [-0.3, -0.25) is 0 Å². The lowest BCUT2D eigenvalue weighted by Crippen LogP contribution is -2.06. The highest BCUT2D eigenvalue weighted by Gasteiger charge is 2.03. The molecule has 0 saturated carbocycles. The number of nitrogens with zero attached hydrogens (tertiary/aromatic N) is 3. The second-order valence-corrected chi connectivity index (χ2v) is 4.68. The minimum Gasteiger partial charge on any atom is -0.368 e. The highest BCUT2D eigenvalue weighted by atomic mass is 15.1. The van der Waals surface area contributed by atoms with Crippen LogP contribution in [-0.4, -0.2) is 15.0 Å². The first kappa shape index (κ1) is 13.8. The Balaban J connectivity index is 1.72. The summed E-state index contributed by atoms with van der Waals surface area (Å²) in [6.07, 6.45) is 1.71. The number of aromatic nitrogens is 3. The maximum atomic E-state index is 5.76. The van der Waals surface area contributed by atoms with Gasteiger partial charge in [0.25, 0.3) is 0 Å². The molecule has 0 aliphatic carbocycles. The highest BCUT2D eigenvalue weighted by molar-refractivity contribution is 5.58. The number of hydrogen-bond donors (Lipinski definition) is 3. The molecule has 6 nitrogen and oxygen atoms in total. The van der Waals surface area contributed by atoms with Crippen LogP contribution in [0.2, 0.25) is 0 Å². The van der Waals surface area contributed by atoms with Crippen LogP contribution in [0.15, 0.2) is 60.8 Å². The minimum absolute atomic E-state index is 0.205. The van der Waals surface area contributed by atoms with Crippen LogP contribution in [-0.2, 0) is 6.54 Å². The van der Waals surface area contributed by atoms with Crippen molar-refractivity contribution < 1.29 is 0 Å². The monoisotopic (exact) mass is 292 g/mol. The third-order valence-corrected chi connectivity index (χ3v) is 2.98. The zero-order valence-electron chi connectivity index (χ0n) is 11.9. The zero-order chi connectivity index (χ0) is 15.2. The molecule has 6 heteroatoms. The average Bonchev–Trinajstić information content (AvgIpc) is 2.54. The van der Waals surface area contributed by atoms with E-state index in [1.807, 2.05) is 48.5 Å². The lowest BCUT2D eigenvalue weighted by atomic mass is 10.2. The molecule has 110 valence electrons. The van der Waals surface area contributed by atoms with Gasteiger partial charge in [0.2, 0.25) is 5.95 Å². The van der Waals surface area contributed by atoms with Gasteiger partial charge in [-0.25, -0.2) is 4.98 Å². The van der Waals surface area contributed by atoms with E-state index in [9.17, 15) is 0 Å². The molecule has 0 bridgehead atoms. The fourth-order valence-corrected chi connectivity index (χ4v) is 1.98. The standard InChI is InChI=1S/C16H16N6/c17-16-21-14(19-11-12-6-2-1-3-7-12)10-15(22-16)20-13-8-4-5-9-18-13/h1-10H,11H2,(H4,17,18,19,20,21,22). The molecule has 0 aliphatic heterocycles. The molecular weight excluding hydrogens is 276 g/mol. The summed E-state index contributed by atoms with van der Waals surface area (Å²) in [7, 11) is 0. The molecule has 2 aromatic heterocycles. The molecule has 2 heterocycles. The van der Waals surface area contributed by atoms with Crippen molar-refractivity contribution in [1.82, 2.24) is 15.0 Å². The Morgan fingerprint density at radius 2 is 1.64 bits per heavy atom. The molecule has 0 saturated heterocycles. The van der Waals surface area contributed by atoms with Gasteiger partial charge in [-0.15, -0.1) is 0 Å². The first-order chi connectivity index (χ1) is 10.8. The van der Waals surface area contributed by atoms with E-state index in [0.29, 0.717) is 24.0 Å². The van der Waals surface area contributed by atoms with E-state index in [-0.39, 0.29) is 5.95 Å². The van der Waals surface area contributed by atoms with Crippen LogP contribution in [0.3, 0.4) is 0 Å². The van der Waals surface area contributed by atoms with Crippen LogP contribution in [0, 0.1) is 0 Å². The fourth-order valence-electron chi connectivity index (χ4n) is 1.98. The molecule has 22 heavy (non-hydrogen) atoms. The number of nitrogen functional groups attached to an aromatic ring is 1. The smallest absolute Gasteiger partial charge is 0.223 e. The molecule has 0 spiro atoms. The summed E-state index contributed by atoms with van der Waals surface area (Å²) in [5.74, 6) is 2.17. The number of hydrogen-bond acceptors (Lipinski definition) is 6. The molecule has 1 aromatic carbocycles. The number of nitrogens with one attached hydrogen (secondary N) is 2. The van der Waals surface area contributed by atoms with E-state index in [1.54, 1.807) is 12.3 Å². The molecule has 0 amide bonds. The van der Waals surface area contributed by atoms with Gasteiger partial charge in [0, 0.05) is 18.8 Å². The second kappa shape index (κ2) is 6.53. The van der Waals surface area contributed by atoms with E-state index >= 15 is 0 Å². The van der Waals surface area contributed by atoms with E-state index in [4.69, 9.17) is 5.73 Å². The molecule has 0 unspecified atom stereocenters. The Morgan fingerprint density at radius 1 is 0.864 bits per heavy atom. The molecule has 3 rings (SSSR count). The molecule has 0 aliphatic rings. The lowest BCUT2D eigenvalue weighted by molar-refractivity contribution is 1.09. The van der Waals surface area contributed by atoms with Gasteiger partial charge in [-0.05, 0) is 17.7 Å². The maximum absolute atomic E-state index is 5.76. The van der Waals surface area contributed by atoms with Crippen LogP contribution in [0.1, 0.15) is 5.56 Å². The highest BCUT2D eigenvalue weighted by Crippen LogP contribution is 2.17. The van der Waals surface area contributed by atoms with E-state index in [0.717, 1.165) is 0 Å². The van der Waals surface area contributed by atoms with Gasteiger partial charge in [0.15, 0.2) is 0 Å². The number of rotatable bonds is 5. The zero-order valence-corrected chi connectivity index (χ0v) is 11.9. The van der Waals surface area contributed by atoms with E-state index in [1.165, 1.54) is 5.56 Å². The van der Waals surface area contributed by atoms with Gasteiger partial charge in [0.1, 0.15) is 17.5 Å². The molecule has 0 atom stereocenters. The van der Waals surface area contributed by atoms with Crippen LogP contribution in [0.5, 0.6) is 0 Å². The van der Waals surface area contributed by atoms with Crippen molar-refractivity contribution in [3.8, 4) is 0 Å². The first-order valence-electron chi connectivity index (χ1n) is 6.90. The Kier molecular flexibility index (Phi) is 4.10. The number of benzene rings is 1. The normalized spacial score (nSPS) is 10.2. The summed E-state index contributed by atoms with van der Waals surface area (Å²) in [4.78, 5) is 12.5. The van der Waals surface area contributed by atoms with Crippen LogP contribution >= 0.6 is 0 Å². The van der Waals surface area contributed by atoms with Gasteiger partial charge >= 0.3 is 0 Å². The predicted octanol–water partition coefficient (Wildman–Crippen LogP) is 2.81. The Morgan fingerprint density at radius 3 is 2.41 bits per heavy atom. The summed E-state index contributed by atoms with van der Waals surface area (Å²) >= 11 is 0. The third-order valence-electron chi connectivity index (χ3n) is 2.98. The summed E-state index contributed by atoms with van der Waals surface area (Å²) in [6.45, 7) is 0.667. The quantitative estimate of drug-likeness (QED) is 0.670. The summed E-state index contributed by atoms with van der Waals surface area (Å²) in [5.41, 5.74) is 6.93. The Labute approximate surface area is 128 Å². The molecular formula is C16H16N6. The van der Waals surface area contributed by atoms with Crippen molar-refractivity contribution in [2.75, 3.05) is 16.4 Å². The average molecular weight is 292 g/mol. The number of anilines is 4. The predicted molar refractivity (Wildman–Crippen MR) is 87.7 cm³/mol. The molecule has 0 fully saturated rings. The van der Waals surface area contributed by atoms with E-state index in [2.05, 4.69) is 25.6 Å². The number of pyridine rings is 1. The second-order valence-electron chi connectivity index (χ2n) is 4.68. The van der Waals surface area contributed by atoms with Gasteiger partial charge in [-0.1, -0.05) is 36.4 Å². The van der Waals surface area contributed by atoms with Crippen molar-refractivity contribution >= 4 is 23.4 Å². The number of nitrogens with two attached hydrogens (primary N) is 1. The van der Waals surface area contributed by atoms with Gasteiger partial charge in [0.05, 0.1) is 0 Å². The van der Waals surface area contributed by atoms with Gasteiger partial charge < -0.3 is 16.4 Å². The Hall–Kier alpha value is -3.15. The van der Waals surface area contributed by atoms with E-state index < -0.39 is 0 Å². The topological polar surface area (TPSA) is 88.8 Å². The Bertz CT molecular complexity index is 730. The van der Waals surface area contributed by atoms with Crippen molar-refractivity contribution in [3.05, 3.63) is 66.4 Å². The lowest BCUT2D eigenvalue weighted by Gasteiger charge is -2.09. The molecule has 4 N–H and O–H groups in total. The van der Waals surface area contributed by atoms with Crippen molar-refractivity contribution in [3.63, 3.8) is 0 Å². The minimum atomic E-state index is 0.205. The largest absolute Gasteiger partial charge is 0.368 e. The first-order valence-corrected chi connectivity index (χ1v) is 6.90. The fraction of sp³-hybridized carbons (Fsp3) is 0.0625. The van der Waals surface area contributed by atoms with Gasteiger partial charge in [-0.2, -0.15) is 9.97 Å². The summed E-state index contributed by atoms with van der Waals surface area (Å²) < 4.78 is 0. The summed E-state index contributed by atoms with van der Waals surface area (Å²) in [6, 6.07) is 17.5. The summed E-state index contributed by atoms with van der Waals surface area (Å²) in [5, 5.41) is 6.34. The van der Waals surface area contributed by atoms with Crippen molar-refractivity contribution in [1.29, 1.82) is 0 Å². The van der Waals surface area contributed by atoms with Crippen LogP contribution in [0.25, 0.3) is 0 Å². The van der Waals surface area contributed by atoms with Crippen molar-refractivity contribution in [2.45, 2.75) is 6.54 Å². The van der Waals surface area contributed by atoms with Crippen molar-refractivity contribution in [2.24, 2.45) is 0 Å².